The fraction of sp³-hybridized carbons (Fsp3) is 0.421. The summed E-state index contributed by atoms with van der Waals surface area (Å²) in [6, 6.07) is 13.1. The number of fused-ring (bicyclic) bond motifs is 3. The van der Waals surface area contributed by atoms with Crippen molar-refractivity contribution < 1.29 is 0 Å². The summed E-state index contributed by atoms with van der Waals surface area (Å²) in [4.78, 5) is 4.94. The summed E-state index contributed by atoms with van der Waals surface area (Å²) in [6.07, 6.45) is 4.95. The normalized spacial score (nSPS) is 16.2. The highest BCUT2D eigenvalue weighted by molar-refractivity contribution is 6.07. The highest BCUT2D eigenvalue weighted by atomic mass is 14.8. The second-order valence-electron chi connectivity index (χ2n) is 6.32. The third-order valence-electron chi connectivity index (χ3n) is 4.53. The molecule has 0 unspecified atom stereocenters. The molecule has 0 aliphatic carbocycles. The molecule has 1 aliphatic heterocycles. The third kappa shape index (κ3) is 2.06. The topological polar surface area (TPSA) is 12.4 Å². The van der Waals surface area contributed by atoms with Gasteiger partial charge in [-0.15, -0.1) is 0 Å². The van der Waals surface area contributed by atoms with Gasteiger partial charge in [-0.05, 0) is 35.2 Å². The van der Waals surface area contributed by atoms with Gasteiger partial charge in [-0.2, -0.15) is 0 Å². The van der Waals surface area contributed by atoms with Gasteiger partial charge in [0.1, 0.15) is 0 Å². The monoisotopic (exact) mass is 265 g/mol. The summed E-state index contributed by atoms with van der Waals surface area (Å²) < 4.78 is 0. The van der Waals surface area contributed by atoms with E-state index in [2.05, 4.69) is 57.2 Å². The number of benzene rings is 2. The zero-order valence-electron chi connectivity index (χ0n) is 12.7. The van der Waals surface area contributed by atoms with E-state index in [0.29, 0.717) is 0 Å². The van der Waals surface area contributed by atoms with Gasteiger partial charge in [-0.3, -0.25) is 4.99 Å². The van der Waals surface area contributed by atoms with Crippen LogP contribution in [0.5, 0.6) is 0 Å². The van der Waals surface area contributed by atoms with Crippen molar-refractivity contribution in [3.63, 3.8) is 0 Å². The van der Waals surface area contributed by atoms with Crippen LogP contribution < -0.4 is 0 Å². The van der Waals surface area contributed by atoms with Crippen LogP contribution in [0, 0.1) is 0 Å². The van der Waals surface area contributed by atoms with Gasteiger partial charge in [0.2, 0.25) is 0 Å². The number of hydrogen-bond donors (Lipinski definition) is 0. The van der Waals surface area contributed by atoms with E-state index in [1.807, 2.05) is 0 Å². The molecule has 1 heteroatoms. The van der Waals surface area contributed by atoms with Crippen LogP contribution in [0.4, 0.5) is 5.69 Å². The van der Waals surface area contributed by atoms with Gasteiger partial charge in [-0.25, -0.2) is 0 Å². The van der Waals surface area contributed by atoms with E-state index in [9.17, 15) is 0 Å². The molecule has 1 heterocycles. The van der Waals surface area contributed by atoms with Crippen molar-refractivity contribution in [1.29, 1.82) is 0 Å². The molecule has 0 bridgehead atoms. The lowest BCUT2D eigenvalue weighted by Gasteiger charge is -2.24. The van der Waals surface area contributed by atoms with Crippen LogP contribution in [0.2, 0.25) is 0 Å². The van der Waals surface area contributed by atoms with Crippen LogP contribution in [-0.2, 0) is 5.41 Å². The summed E-state index contributed by atoms with van der Waals surface area (Å²) in [7, 11) is 0. The first-order chi connectivity index (χ1) is 9.64. The third-order valence-corrected chi connectivity index (χ3v) is 4.53. The molecule has 3 rings (SSSR count). The van der Waals surface area contributed by atoms with E-state index < -0.39 is 0 Å². The molecule has 0 aromatic heterocycles. The van der Waals surface area contributed by atoms with Gasteiger partial charge < -0.3 is 0 Å². The van der Waals surface area contributed by atoms with Crippen LogP contribution in [0.15, 0.2) is 41.4 Å². The molecule has 2 aromatic carbocycles. The Bertz CT molecular complexity index is 665. The lowest BCUT2D eigenvalue weighted by Crippen LogP contribution is -2.25. The second kappa shape index (κ2) is 5.05. The predicted molar refractivity (Wildman–Crippen MR) is 88.2 cm³/mol. The average Bonchev–Trinajstić information content (AvgIpc) is 2.71. The zero-order chi connectivity index (χ0) is 14.2. The minimum atomic E-state index is 0.0734. The van der Waals surface area contributed by atoms with Crippen LogP contribution in [0.1, 0.15) is 52.0 Å². The Morgan fingerprint density at radius 1 is 1.00 bits per heavy atom. The van der Waals surface area contributed by atoms with Crippen LogP contribution in [-0.4, -0.2) is 5.71 Å². The van der Waals surface area contributed by atoms with Crippen molar-refractivity contribution in [2.24, 2.45) is 4.99 Å². The molecule has 0 saturated heterocycles. The number of nitrogens with zero attached hydrogens (tertiary/aromatic N) is 1. The molecule has 0 amide bonds. The number of rotatable bonds is 4. The quantitative estimate of drug-likeness (QED) is 0.621. The predicted octanol–water partition coefficient (Wildman–Crippen LogP) is 5.78. The molecule has 2 aromatic rings. The van der Waals surface area contributed by atoms with Gasteiger partial charge in [0.05, 0.1) is 5.69 Å². The molecule has 0 fully saturated rings. The molecular formula is C19H23N. The molecule has 0 N–H and O–H groups in total. The lowest BCUT2D eigenvalue weighted by molar-refractivity contribution is 0.684. The summed E-state index contributed by atoms with van der Waals surface area (Å²) in [5, 5.41) is 2.69. The maximum Gasteiger partial charge on any atom is 0.0677 e. The van der Waals surface area contributed by atoms with E-state index in [4.69, 9.17) is 4.99 Å². The molecule has 20 heavy (non-hydrogen) atoms. The van der Waals surface area contributed by atoms with Gasteiger partial charge in [-0.1, -0.05) is 63.9 Å². The van der Waals surface area contributed by atoms with Crippen molar-refractivity contribution in [3.05, 3.63) is 42.0 Å². The highest BCUT2D eigenvalue weighted by Gasteiger charge is 2.35. The highest BCUT2D eigenvalue weighted by Crippen LogP contribution is 2.45. The van der Waals surface area contributed by atoms with Crippen molar-refractivity contribution in [1.82, 2.24) is 0 Å². The number of hydrogen-bond acceptors (Lipinski definition) is 1. The van der Waals surface area contributed by atoms with Crippen LogP contribution in [0.3, 0.4) is 0 Å². The zero-order valence-corrected chi connectivity index (χ0v) is 12.7. The smallest absolute Gasteiger partial charge is 0.0677 e. The number of unbranched alkanes of at least 4 members (excludes halogenated alkanes) is 2. The van der Waals surface area contributed by atoms with Crippen molar-refractivity contribution >= 4 is 22.2 Å². The van der Waals surface area contributed by atoms with E-state index in [1.165, 1.54) is 47.0 Å². The second-order valence-corrected chi connectivity index (χ2v) is 6.32. The maximum atomic E-state index is 4.94. The molecule has 0 saturated carbocycles. The number of aliphatic imine (C=N–C) groups is 1. The fourth-order valence-corrected chi connectivity index (χ4v) is 3.35. The molecule has 0 radical (unpaired) electrons. The molecular weight excluding hydrogens is 242 g/mol. The standard InChI is InChI=1S/C19H23N/c1-4-5-6-11-17-19(2,3)18-15-10-8-7-9-14(15)12-13-16(18)20-17/h7-10,12-13H,4-6,11H2,1-3H3. The van der Waals surface area contributed by atoms with E-state index in [-0.39, 0.29) is 5.41 Å². The van der Waals surface area contributed by atoms with Crippen LogP contribution >= 0.6 is 0 Å². The summed E-state index contributed by atoms with van der Waals surface area (Å²) in [6.45, 7) is 6.91. The van der Waals surface area contributed by atoms with Crippen molar-refractivity contribution in [3.8, 4) is 0 Å². The summed E-state index contributed by atoms with van der Waals surface area (Å²) in [5.41, 5.74) is 4.03. The Hall–Kier alpha value is -1.63. The first kappa shape index (κ1) is 13.4. The lowest BCUT2D eigenvalue weighted by atomic mass is 9.77. The molecule has 0 spiro atoms. The Labute approximate surface area is 121 Å². The Balaban J connectivity index is 2.04. The van der Waals surface area contributed by atoms with Gasteiger partial charge in [0.15, 0.2) is 0 Å². The van der Waals surface area contributed by atoms with Gasteiger partial charge in [0, 0.05) is 11.1 Å². The maximum absolute atomic E-state index is 4.94. The minimum Gasteiger partial charge on any atom is -0.257 e. The molecule has 1 nitrogen and oxygen atoms in total. The Kier molecular flexibility index (Phi) is 3.37. The molecule has 0 atom stereocenters. The largest absolute Gasteiger partial charge is 0.257 e. The minimum absolute atomic E-state index is 0.0734. The molecule has 1 aliphatic rings. The average molecular weight is 265 g/mol. The van der Waals surface area contributed by atoms with Gasteiger partial charge in [0.25, 0.3) is 0 Å². The van der Waals surface area contributed by atoms with Gasteiger partial charge >= 0.3 is 0 Å². The molecule has 104 valence electrons. The van der Waals surface area contributed by atoms with Crippen LogP contribution in [0.25, 0.3) is 10.8 Å². The van der Waals surface area contributed by atoms with E-state index in [1.54, 1.807) is 0 Å². The Morgan fingerprint density at radius 3 is 2.60 bits per heavy atom. The summed E-state index contributed by atoms with van der Waals surface area (Å²) >= 11 is 0. The van der Waals surface area contributed by atoms with E-state index >= 15 is 0 Å². The van der Waals surface area contributed by atoms with E-state index in [0.717, 1.165) is 6.42 Å². The fourth-order valence-electron chi connectivity index (χ4n) is 3.35. The summed E-state index contributed by atoms with van der Waals surface area (Å²) in [5.74, 6) is 0. The van der Waals surface area contributed by atoms with Crippen molar-refractivity contribution in [2.75, 3.05) is 0 Å². The van der Waals surface area contributed by atoms with Crippen molar-refractivity contribution in [2.45, 2.75) is 51.9 Å². The SMILES string of the molecule is CCCCCC1=Nc2ccc3ccccc3c2C1(C)C. The first-order valence-corrected chi connectivity index (χ1v) is 7.75. The Morgan fingerprint density at radius 2 is 1.80 bits per heavy atom. The first-order valence-electron chi connectivity index (χ1n) is 7.75.